The first-order valence-electron chi connectivity index (χ1n) is 7.46. The van der Waals surface area contributed by atoms with Crippen LogP contribution in [0.1, 0.15) is 16.8 Å². The smallest absolute Gasteiger partial charge is 0.257 e. The summed E-state index contributed by atoms with van der Waals surface area (Å²) in [6, 6.07) is 9.07. The van der Waals surface area contributed by atoms with Gasteiger partial charge in [0.2, 0.25) is 0 Å². The summed E-state index contributed by atoms with van der Waals surface area (Å²) in [6.07, 6.45) is 4.11. The van der Waals surface area contributed by atoms with Crippen molar-refractivity contribution in [2.45, 2.75) is 6.42 Å². The zero-order chi connectivity index (χ0) is 16.7. The maximum Gasteiger partial charge on any atom is 0.257 e. The second kappa shape index (κ2) is 8.50. The number of carbonyl (C=O) groups is 1. The van der Waals surface area contributed by atoms with Gasteiger partial charge in [0.25, 0.3) is 5.91 Å². The number of benzene rings is 1. The van der Waals surface area contributed by atoms with Gasteiger partial charge in [-0.2, -0.15) is 0 Å². The largest absolute Gasteiger partial charge is 0.384 e. The Bertz CT molecular complexity index is 661. The molecule has 0 radical (unpaired) electrons. The standard InChI is InChI=1S/C17H21ClN4O/c1-22(2)11-5-9-20-15-7-4-3-6-13(15)17(23)21-16-12-19-10-8-14(16)18/h3-4,6-8,10,12,20H,5,9,11H2,1-2H3,(H,21,23). The second-order valence-electron chi connectivity index (χ2n) is 5.44. The molecule has 0 saturated carbocycles. The van der Waals surface area contributed by atoms with Gasteiger partial charge in [0, 0.05) is 18.4 Å². The topological polar surface area (TPSA) is 57.3 Å². The van der Waals surface area contributed by atoms with Crippen molar-refractivity contribution in [1.29, 1.82) is 0 Å². The van der Waals surface area contributed by atoms with Crippen LogP contribution >= 0.6 is 11.6 Å². The van der Waals surface area contributed by atoms with Crippen LogP contribution < -0.4 is 10.6 Å². The molecule has 0 unspecified atom stereocenters. The molecule has 5 nitrogen and oxygen atoms in total. The fourth-order valence-electron chi connectivity index (χ4n) is 2.11. The number of anilines is 2. The summed E-state index contributed by atoms with van der Waals surface area (Å²) in [4.78, 5) is 18.6. The third kappa shape index (κ3) is 5.23. The van der Waals surface area contributed by atoms with E-state index in [0.717, 1.165) is 25.2 Å². The number of hydrogen-bond acceptors (Lipinski definition) is 4. The Morgan fingerprint density at radius 2 is 2.00 bits per heavy atom. The number of carbonyl (C=O) groups excluding carboxylic acids is 1. The molecule has 0 aliphatic carbocycles. The highest BCUT2D eigenvalue weighted by molar-refractivity contribution is 6.33. The summed E-state index contributed by atoms with van der Waals surface area (Å²) in [5.41, 5.74) is 1.89. The fourth-order valence-corrected chi connectivity index (χ4v) is 2.27. The minimum absolute atomic E-state index is 0.212. The monoisotopic (exact) mass is 332 g/mol. The number of hydrogen-bond donors (Lipinski definition) is 2. The van der Waals surface area contributed by atoms with Crippen molar-refractivity contribution in [3.63, 3.8) is 0 Å². The van der Waals surface area contributed by atoms with E-state index in [-0.39, 0.29) is 5.91 Å². The van der Waals surface area contributed by atoms with Crippen molar-refractivity contribution in [2.75, 3.05) is 37.8 Å². The molecule has 0 spiro atoms. The van der Waals surface area contributed by atoms with Crippen LogP contribution in [0.3, 0.4) is 0 Å². The van der Waals surface area contributed by atoms with Crippen molar-refractivity contribution in [3.8, 4) is 0 Å². The lowest BCUT2D eigenvalue weighted by Gasteiger charge is -2.14. The first-order chi connectivity index (χ1) is 11.1. The number of amides is 1. The van der Waals surface area contributed by atoms with Crippen LogP contribution in [0.4, 0.5) is 11.4 Å². The zero-order valence-corrected chi connectivity index (χ0v) is 14.1. The van der Waals surface area contributed by atoms with Gasteiger partial charge < -0.3 is 15.5 Å². The van der Waals surface area contributed by atoms with Crippen molar-refractivity contribution < 1.29 is 4.79 Å². The molecule has 1 amide bonds. The molecule has 6 heteroatoms. The molecule has 0 saturated heterocycles. The summed E-state index contributed by atoms with van der Waals surface area (Å²) in [7, 11) is 4.08. The van der Waals surface area contributed by atoms with Gasteiger partial charge in [0.15, 0.2) is 0 Å². The van der Waals surface area contributed by atoms with E-state index in [4.69, 9.17) is 11.6 Å². The highest BCUT2D eigenvalue weighted by atomic mass is 35.5. The second-order valence-corrected chi connectivity index (χ2v) is 5.85. The van der Waals surface area contributed by atoms with E-state index in [2.05, 4.69) is 20.5 Å². The summed E-state index contributed by atoms with van der Waals surface area (Å²) < 4.78 is 0. The lowest BCUT2D eigenvalue weighted by molar-refractivity contribution is 0.102. The van der Waals surface area contributed by atoms with E-state index in [1.54, 1.807) is 18.3 Å². The van der Waals surface area contributed by atoms with E-state index in [1.165, 1.54) is 6.20 Å². The van der Waals surface area contributed by atoms with Crippen LogP contribution in [-0.2, 0) is 0 Å². The maximum absolute atomic E-state index is 12.5. The predicted octanol–water partition coefficient (Wildman–Crippen LogP) is 3.35. The SMILES string of the molecule is CN(C)CCCNc1ccccc1C(=O)Nc1cnccc1Cl. The molecule has 2 aromatic rings. The molecule has 1 aromatic carbocycles. The molecule has 0 aliphatic rings. The molecule has 1 aromatic heterocycles. The van der Waals surface area contributed by atoms with Gasteiger partial charge in [-0.05, 0) is 45.3 Å². The van der Waals surface area contributed by atoms with Crippen LogP contribution in [0.25, 0.3) is 0 Å². The fraction of sp³-hybridized carbons (Fsp3) is 0.294. The average molecular weight is 333 g/mol. The molecule has 0 fully saturated rings. The van der Waals surface area contributed by atoms with Crippen molar-refractivity contribution in [2.24, 2.45) is 0 Å². The minimum Gasteiger partial charge on any atom is -0.384 e. The van der Waals surface area contributed by atoms with E-state index in [1.807, 2.05) is 32.3 Å². The van der Waals surface area contributed by atoms with Gasteiger partial charge in [-0.3, -0.25) is 9.78 Å². The van der Waals surface area contributed by atoms with Crippen LogP contribution in [0.15, 0.2) is 42.7 Å². The van der Waals surface area contributed by atoms with E-state index in [9.17, 15) is 4.79 Å². The first kappa shape index (κ1) is 17.2. The summed E-state index contributed by atoms with van der Waals surface area (Å²) in [6.45, 7) is 1.79. The number of halogens is 1. The lowest BCUT2D eigenvalue weighted by Crippen LogP contribution is -2.18. The van der Waals surface area contributed by atoms with Gasteiger partial charge in [-0.15, -0.1) is 0 Å². The third-order valence-corrected chi connectivity index (χ3v) is 3.61. The van der Waals surface area contributed by atoms with Crippen LogP contribution in [-0.4, -0.2) is 43.0 Å². The van der Waals surface area contributed by atoms with Crippen LogP contribution in [0.5, 0.6) is 0 Å². The van der Waals surface area contributed by atoms with Gasteiger partial charge in [-0.25, -0.2) is 0 Å². The molecule has 0 aliphatic heterocycles. The normalized spacial score (nSPS) is 10.6. The van der Waals surface area contributed by atoms with Gasteiger partial charge >= 0.3 is 0 Å². The number of pyridine rings is 1. The quantitative estimate of drug-likeness (QED) is 0.763. The Morgan fingerprint density at radius 3 is 2.74 bits per heavy atom. The Labute approximate surface area is 141 Å². The number of para-hydroxylation sites is 1. The van der Waals surface area contributed by atoms with Crippen molar-refractivity contribution in [3.05, 3.63) is 53.3 Å². The molecular formula is C17H21ClN4O. The Morgan fingerprint density at radius 1 is 1.22 bits per heavy atom. The zero-order valence-electron chi connectivity index (χ0n) is 13.3. The molecule has 2 N–H and O–H groups in total. The van der Waals surface area contributed by atoms with Gasteiger partial charge in [-0.1, -0.05) is 23.7 Å². The van der Waals surface area contributed by atoms with E-state index in [0.29, 0.717) is 16.3 Å². The van der Waals surface area contributed by atoms with E-state index >= 15 is 0 Å². The lowest BCUT2D eigenvalue weighted by atomic mass is 10.1. The van der Waals surface area contributed by atoms with Gasteiger partial charge in [0.05, 0.1) is 22.5 Å². The van der Waals surface area contributed by atoms with Crippen molar-refractivity contribution >= 4 is 28.9 Å². The average Bonchev–Trinajstić information content (AvgIpc) is 2.54. The van der Waals surface area contributed by atoms with Crippen LogP contribution in [0, 0.1) is 0 Å². The number of nitrogens with one attached hydrogen (secondary N) is 2. The first-order valence-corrected chi connectivity index (χ1v) is 7.84. The number of aromatic nitrogens is 1. The molecule has 2 rings (SSSR count). The van der Waals surface area contributed by atoms with Crippen LogP contribution in [0.2, 0.25) is 5.02 Å². The van der Waals surface area contributed by atoms with E-state index < -0.39 is 0 Å². The molecule has 23 heavy (non-hydrogen) atoms. The maximum atomic E-state index is 12.5. The molecular weight excluding hydrogens is 312 g/mol. The number of rotatable bonds is 7. The minimum atomic E-state index is -0.212. The number of nitrogens with zero attached hydrogens (tertiary/aromatic N) is 2. The Kier molecular flexibility index (Phi) is 6.38. The highest BCUT2D eigenvalue weighted by Crippen LogP contribution is 2.22. The third-order valence-electron chi connectivity index (χ3n) is 3.29. The van der Waals surface area contributed by atoms with Gasteiger partial charge in [0.1, 0.15) is 0 Å². The van der Waals surface area contributed by atoms with Crippen molar-refractivity contribution in [1.82, 2.24) is 9.88 Å². The summed E-state index contributed by atoms with van der Waals surface area (Å²) in [5.74, 6) is -0.212. The Balaban J connectivity index is 2.04. The molecule has 122 valence electrons. The molecule has 0 bridgehead atoms. The summed E-state index contributed by atoms with van der Waals surface area (Å²) >= 11 is 6.05. The Hall–Kier alpha value is -2.11. The predicted molar refractivity (Wildman–Crippen MR) is 95.3 cm³/mol. The highest BCUT2D eigenvalue weighted by Gasteiger charge is 2.12. The summed E-state index contributed by atoms with van der Waals surface area (Å²) in [5, 5.41) is 6.57. The molecule has 1 heterocycles. The molecule has 0 atom stereocenters.